The van der Waals surface area contributed by atoms with Crippen LogP contribution in [-0.2, 0) is 0 Å². The van der Waals surface area contributed by atoms with E-state index >= 15 is 0 Å². The molecule has 7 heteroatoms. The first-order valence-corrected chi connectivity index (χ1v) is 6.03. The van der Waals surface area contributed by atoms with Crippen LogP contribution < -0.4 is 14.8 Å². The molecule has 0 bridgehead atoms. The molecule has 1 amide bonds. The number of carbonyl (C=O) groups excluding carboxylic acids is 1. The minimum Gasteiger partial charge on any atom is -0.493 e. The van der Waals surface area contributed by atoms with Crippen LogP contribution in [-0.4, -0.2) is 30.1 Å². The van der Waals surface area contributed by atoms with Gasteiger partial charge in [-0.05, 0) is 12.1 Å². The van der Waals surface area contributed by atoms with Crippen LogP contribution in [0.25, 0.3) is 0 Å². The fourth-order valence-electron chi connectivity index (χ4n) is 1.63. The molecule has 20 heavy (non-hydrogen) atoms. The van der Waals surface area contributed by atoms with Crippen molar-refractivity contribution in [2.24, 2.45) is 0 Å². The van der Waals surface area contributed by atoms with Gasteiger partial charge in [0.05, 0.1) is 32.2 Å². The normalized spacial score (nSPS) is 9.95. The molecule has 1 aromatic carbocycles. The fourth-order valence-corrected chi connectivity index (χ4v) is 1.72. The van der Waals surface area contributed by atoms with E-state index in [2.05, 4.69) is 15.3 Å². The fraction of sp³-hybridized carbons (Fsp3) is 0.154. The number of nitrogens with zero attached hydrogens (tertiary/aromatic N) is 2. The lowest BCUT2D eigenvalue weighted by Gasteiger charge is -2.12. The molecular formula is C13H12ClN3O3. The quantitative estimate of drug-likeness (QED) is 0.937. The van der Waals surface area contributed by atoms with Gasteiger partial charge in [0.2, 0.25) is 0 Å². The number of benzene rings is 1. The third-order valence-corrected chi connectivity index (χ3v) is 2.70. The van der Waals surface area contributed by atoms with E-state index in [1.165, 1.54) is 26.6 Å². The van der Waals surface area contributed by atoms with Crippen molar-refractivity contribution in [1.82, 2.24) is 9.97 Å². The van der Waals surface area contributed by atoms with E-state index in [9.17, 15) is 4.79 Å². The average molecular weight is 294 g/mol. The number of hydrogen-bond acceptors (Lipinski definition) is 5. The lowest BCUT2D eigenvalue weighted by Crippen LogP contribution is -2.14. The topological polar surface area (TPSA) is 73.3 Å². The Balaban J connectivity index is 2.27. The van der Waals surface area contributed by atoms with Gasteiger partial charge in [-0.2, -0.15) is 0 Å². The third kappa shape index (κ3) is 2.97. The zero-order valence-corrected chi connectivity index (χ0v) is 11.6. The van der Waals surface area contributed by atoms with E-state index in [1.54, 1.807) is 18.2 Å². The van der Waals surface area contributed by atoms with Gasteiger partial charge in [0.15, 0.2) is 17.3 Å². The van der Waals surface area contributed by atoms with E-state index in [-0.39, 0.29) is 11.1 Å². The lowest BCUT2D eigenvalue weighted by atomic mass is 10.1. The Morgan fingerprint density at radius 2 is 2.00 bits per heavy atom. The summed E-state index contributed by atoms with van der Waals surface area (Å²) in [5.74, 6) is 0.749. The molecule has 1 N–H and O–H groups in total. The molecule has 0 aliphatic rings. The summed E-state index contributed by atoms with van der Waals surface area (Å²) in [6.07, 6.45) is 2.72. The molecular weight excluding hydrogens is 282 g/mol. The van der Waals surface area contributed by atoms with Gasteiger partial charge < -0.3 is 14.8 Å². The van der Waals surface area contributed by atoms with Crippen molar-refractivity contribution >= 4 is 23.3 Å². The minimum atomic E-state index is -0.377. The lowest BCUT2D eigenvalue weighted by molar-refractivity contribution is 0.102. The summed E-state index contributed by atoms with van der Waals surface area (Å²) in [7, 11) is 2.97. The maximum atomic E-state index is 12.2. The number of nitrogens with one attached hydrogen (secondary N) is 1. The maximum absolute atomic E-state index is 12.2. The number of amides is 1. The Bertz CT molecular complexity index is 617. The van der Waals surface area contributed by atoms with Crippen LogP contribution in [0.5, 0.6) is 11.5 Å². The summed E-state index contributed by atoms with van der Waals surface area (Å²) in [6, 6.07) is 5.03. The summed E-state index contributed by atoms with van der Waals surface area (Å²) in [6.45, 7) is 0. The largest absolute Gasteiger partial charge is 0.493 e. The SMILES string of the molecule is COc1cccc(C(=O)Nc2cnc(Cl)cn2)c1OC. The van der Waals surface area contributed by atoms with Crippen LogP contribution in [0, 0.1) is 0 Å². The van der Waals surface area contributed by atoms with Crippen molar-refractivity contribution < 1.29 is 14.3 Å². The van der Waals surface area contributed by atoms with E-state index in [1.807, 2.05) is 0 Å². The van der Waals surface area contributed by atoms with Gasteiger partial charge in [0.25, 0.3) is 5.91 Å². The number of para-hydroxylation sites is 1. The predicted octanol–water partition coefficient (Wildman–Crippen LogP) is 2.40. The monoisotopic (exact) mass is 293 g/mol. The summed E-state index contributed by atoms with van der Waals surface area (Å²) >= 11 is 5.63. The average Bonchev–Trinajstić information content (AvgIpc) is 2.48. The first-order valence-electron chi connectivity index (χ1n) is 5.65. The Morgan fingerprint density at radius 3 is 2.60 bits per heavy atom. The second kappa shape index (κ2) is 6.21. The Labute approximate surface area is 120 Å². The van der Waals surface area contributed by atoms with E-state index < -0.39 is 0 Å². The molecule has 104 valence electrons. The highest BCUT2D eigenvalue weighted by atomic mass is 35.5. The molecule has 0 radical (unpaired) electrons. The number of hydrogen-bond donors (Lipinski definition) is 1. The van der Waals surface area contributed by atoms with Crippen LogP contribution in [0.2, 0.25) is 5.15 Å². The second-order valence-corrected chi connectivity index (χ2v) is 4.11. The van der Waals surface area contributed by atoms with Crippen molar-refractivity contribution in [3.63, 3.8) is 0 Å². The van der Waals surface area contributed by atoms with Crippen molar-refractivity contribution in [1.29, 1.82) is 0 Å². The smallest absolute Gasteiger partial charge is 0.260 e. The zero-order valence-electron chi connectivity index (χ0n) is 10.9. The highest BCUT2D eigenvalue weighted by molar-refractivity contribution is 6.29. The summed E-state index contributed by atoms with van der Waals surface area (Å²) < 4.78 is 10.3. The van der Waals surface area contributed by atoms with Gasteiger partial charge >= 0.3 is 0 Å². The van der Waals surface area contributed by atoms with Gasteiger partial charge in [0.1, 0.15) is 5.15 Å². The zero-order chi connectivity index (χ0) is 14.5. The number of aromatic nitrogens is 2. The Hall–Kier alpha value is -2.34. The number of carbonyl (C=O) groups is 1. The molecule has 0 saturated carbocycles. The second-order valence-electron chi connectivity index (χ2n) is 3.72. The molecule has 2 rings (SSSR count). The molecule has 1 heterocycles. The Kier molecular flexibility index (Phi) is 4.37. The molecule has 0 atom stereocenters. The molecule has 6 nitrogen and oxygen atoms in total. The van der Waals surface area contributed by atoms with Crippen LogP contribution >= 0.6 is 11.6 Å². The number of anilines is 1. The summed E-state index contributed by atoms with van der Waals surface area (Å²) in [5, 5.41) is 2.86. The molecule has 0 saturated heterocycles. The number of rotatable bonds is 4. The molecule has 0 unspecified atom stereocenters. The van der Waals surface area contributed by atoms with Crippen molar-refractivity contribution in [3.8, 4) is 11.5 Å². The van der Waals surface area contributed by atoms with Crippen LogP contribution in [0.1, 0.15) is 10.4 Å². The third-order valence-electron chi connectivity index (χ3n) is 2.51. The molecule has 2 aromatic rings. The van der Waals surface area contributed by atoms with E-state index in [4.69, 9.17) is 21.1 Å². The first-order chi connectivity index (χ1) is 9.65. The highest BCUT2D eigenvalue weighted by Crippen LogP contribution is 2.30. The summed E-state index contributed by atoms with van der Waals surface area (Å²) in [5.41, 5.74) is 0.337. The Morgan fingerprint density at radius 1 is 1.20 bits per heavy atom. The van der Waals surface area contributed by atoms with Gasteiger partial charge in [-0.15, -0.1) is 0 Å². The van der Waals surface area contributed by atoms with Crippen LogP contribution in [0.4, 0.5) is 5.82 Å². The van der Waals surface area contributed by atoms with Crippen molar-refractivity contribution in [2.75, 3.05) is 19.5 Å². The standard InChI is InChI=1S/C13H12ClN3O3/c1-19-9-5-3-4-8(12(9)20-2)13(18)17-11-7-15-10(14)6-16-11/h3-7H,1-2H3,(H,16,17,18). The van der Waals surface area contributed by atoms with Gasteiger partial charge in [0, 0.05) is 0 Å². The number of halogens is 1. The van der Waals surface area contributed by atoms with Crippen LogP contribution in [0.15, 0.2) is 30.6 Å². The van der Waals surface area contributed by atoms with Gasteiger partial charge in [-0.1, -0.05) is 17.7 Å². The molecule has 1 aromatic heterocycles. The van der Waals surface area contributed by atoms with Crippen molar-refractivity contribution in [3.05, 3.63) is 41.3 Å². The van der Waals surface area contributed by atoms with Gasteiger partial charge in [-0.25, -0.2) is 9.97 Å². The molecule has 0 spiro atoms. The molecule has 0 aliphatic carbocycles. The molecule has 0 fully saturated rings. The molecule has 0 aliphatic heterocycles. The maximum Gasteiger partial charge on any atom is 0.260 e. The summed E-state index contributed by atoms with van der Waals surface area (Å²) in [4.78, 5) is 20.0. The number of methoxy groups -OCH3 is 2. The van der Waals surface area contributed by atoms with Crippen molar-refractivity contribution in [2.45, 2.75) is 0 Å². The van der Waals surface area contributed by atoms with E-state index in [0.717, 1.165) is 0 Å². The first kappa shape index (κ1) is 14.1. The predicted molar refractivity (Wildman–Crippen MR) is 74.5 cm³/mol. The minimum absolute atomic E-state index is 0.252. The highest BCUT2D eigenvalue weighted by Gasteiger charge is 2.16. The number of ether oxygens (including phenoxy) is 2. The van der Waals surface area contributed by atoms with E-state index in [0.29, 0.717) is 22.9 Å². The van der Waals surface area contributed by atoms with Gasteiger partial charge in [-0.3, -0.25) is 4.79 Å². The van der Waals surface area contributed by atoms with Crippen LogP contribution in [0.3, 0.4) is 0 Å².